The van der Waals surface area contributed by atoms with Gasteiger partial charge in [-0.1, -0.05) is 17.7 Å². The van der Waals surface area contributed by atoms with Gasteiger partial charge in [0.1, 0.15) is 30.5 Å². The molecule has 0 saturated heterocycles. The van der Waals surface area contributed by atoms with E-state index >= 15 is 0 Å². The van der Waals surface area contributed by atoms with Gasteiger partial charge in [-0.15, -0.1) is 0 Å². The van der Waals surface area contributed by atoms with Crippen LogP contribution in [0.5, 0.6) is 17.2 Å². The molecule has 0 aromatic heterocycles. The summed E-state index contributed by atoms with van der Waals surface area (Å²) in [6.07, 6.45) is 0. The van der Waals surface area contributed by atoms with E-state index < -0.39 is 0 Å². The predicted octanol–water partition coefficient (Wildman–Crippen LogP) is 4.01. The Kier molecular flexibility index (Phi) is 5.67. The zero-order valence-electron chi connectivity index (χ0n) is 12.5. The van der Waals surface area contributed by atoms with Gasteiger partial charge in [0.05, 0.1) is 12.7 Å². The molecule has 4 nitrogen and oxygen atoms in total. The third-order valence-electron chi connectivity index (χ3n) is 2.97. The first-order chi connectivity index (χ1) is 10.6. The summed E-state index contributed by atoms with van der Waals surface area (Å²) >= 11 is 5.88. The van der Waals surface area contributed by atoms with Crippen LogP contribution in [0.25, 0.3) is 0 Å². The molecular formula is C17H17ClO4. The van der Waals surface area contributed by atoms with Gasteiger partial charge >= 0.3 is 0 Å². The molecule has 0 aliphatic heterocycles. The summed E-state index contributed by atoms with van der Waals surface area (Å²) in [6.45, 7) is 2.14. The van der Waals surface area contributed by atoms with Crippen molar-refractivity contribution in [3.8, 4) is 17.2 Å². The van der Waals surface area contributed by atoms with Crippen molar-refractivity contribution in [1.82, 2.24) is 0 Å². The van der Waals surface area contributed by atoms with E-state index in [4.69, 9.17) is 25.8 Å². The molecule has 0 fully saturated rings. The second-order valence-corrected chi connectivity index (χ2v) is 5.01. The number of hydrogen-bond donors (Lipinski definition) is 0. The van der Waals surface area contributed by atoms with Gasteiger partial charge in [-0.25, -0.2) is 0 Å². The maximum Gasteiger partial charge on any atom is 0.163 e. The van der Waals surface area contributed by atoms with Crippen molar-refractivity contribution < 1.29 is 19.0 Å². The average Bonchev–Trinajstić information content (AvgIpc) is 2.51. The standard InChI is InChI=1S/C17H17ClO4/c1-12(19)16-7-6-14(20-2)11-17(16)22-9-8-21-15-5-3-4-13(18)10-15/h3-7,10-11H,8-9H2,1-2H3. The van der Waals surface area contributed by atoms with E-state index in [1.165, 1.54) is 6.92 Å². The van der Waals surface area contributed by atoms with E-state index in [0.717, 1.165) is 0 Å². The van der Waals surface area contributed by atoms with Gasteiger partial charge in [0.25, 0.3) is 0 Å². The Bertz CT molecular complexity index is 655. The second-order valence-electron chi connectivity index (χ2n) is 4.57. The summed E-state index contributed by atoms with van der Waals surface area (Å²) in [6, 6.07) is 12.2. The van der Waals surface area contributed by atoms with Crippen LogP contribution in [-0.4, -0.2) is 26.1 Å². The SMILES string of the molecule is COc1ccc(C(C)=O)c(OCCOc2cccc(Cl)c2)c1. The molecule has 0 spiro atoms. The molecule has 0 unspecified atom stereocenters. The quantitative estimate of drug-likeness (QED) is 0.571. The van der Waals surface area contributed by atoms with Crippen LogP contribution in [-0.2, 0) is 0 Å². The molecule has 0 atom stereocenters. The van der Waals surface area contributed by atoms with Crippen LogP contribution in [0.3, 0.4) is 0 Å². The first-order valence-corrected chi connectivity index (χ1v) is 7.18. The highest BCUT2D eigenvalue weighted by molar-refractivity contribution is 6.30. The molecule has 0 amide bonds. The number of rotatable bonds is 7. The summed E-state index contributed by atoms with van der Waals surface area (Å²) in [4.78, 5) is 11.6. The van der Waals surface area contributed by atoms with Gasteiger partial charge in [-0.3, -0.25) is 4.79 Å². The van der Waals surface area contributed by atoms with Gasteiger partial charge in [0.2, 0.25) is 0 Å². The summed E-state index contributed by atoms with van der Waals surface area (Å²) in [5, 5.41) is 0.616. The number of carbonyl (C=O) groups excluding carboxylic acids is 1. The highest BCUT2D eigenvalue weighted by Crippen LogP contribution is 2.25. The molecule has 0 N–H and O–H groups in total. The maximum absolute atomic E-state index is 11.6. The van der Waals surface area contributed by atoms with Crippen molar-refractivity contribution in [3.63, 3.8) is 0 Å². The van der Waals surface area contributed by atoms with E-state index in [1.807, 2.05) is 12.1 Å². The molecule has 0 saturated carbocycles. The minimum absolute atomic E-state index is 0.0617. The molecule has 0 bridgehead atoms. The van der Waals surface area contributed by atoms with Crippen molar-refractivity contribution in [2.75, 3.05) is 20.3 Å². The molecular weight excluding hydrogens is 304 g/mol. The third-order valence-corrected chi connectivity index (χ3v) is 3.21. The molecule has 116 valence electrons. The van der Waals surface area contributed by atoms with Gasteiger partial charge in [0, 0.05) is 11.1 Å². The fraction of sp³-hybridized carbons (Fsp3) is 0.235. The zero-order chi connectivity index (χ0) is 15.9. The van der Waals surface area contributed by atoms with Crippen molar-refractivity contribution in [3.05, 3.63) is 53.1 Å². The number of Topliss-reactive ketones (excluding diaryl/α,β-unsaturated/α-hetero) is 1. The number of ketones is 1. The van der Waals surface area contributed by atoms with Crippen LogP contribution in [0.4, 0.5) is 0 Å². The van der Waals surface area contributed by atoms with E-state index in [2.05, 4.69) is 0 Å². The van der Waals surface area contributed by atoms with Crippen LogP contribution >= 0.6 is 11.6 Å². The molecule has 2 rings (SSSR count). The minimum Gasteiger partial charge on any atom is -0.497 e. The Hall–Kier alpha value is -2.20. The van der Waals surface area contributed by atoms with E-state index in [9.17, 15) is 4.79 Å². The molecule has 0 aliphatic carbocycles. The van der Waals surface area contributed by atoms with Gasteiger partial charge in [-0.05, 0) is 37.3 Å². The first-order valence-electron chi connectivity index (χ1n) is 6.80. The smallest absolute Gasteiger partial charge is 0.163 e. The normalized spacial score (nSPS) is 10.1. The monoisotopic (exact) mass is 320 g/mol. The van der Waals surface area contributed by atoms with E-state index in [-0.39, 0.29) is 5.78 Å². The second kappa shape index (κ2) is 7.71. The predicted molar refractivity (Wildman–Crippen MR) is 85.4 cm³/mol. The Balaban J connectivity index is 1.94. The highest BCUT2D eigenvalue weighted by Gasteiger charge is 2.10. The van der Waals surface area contributed by atoms with Crippen molar-refractivity contribution in [2.45, 2.75) is 6.92 Å². The Labute approximate surface area is 134 Å². The van der Waals surface area contributed by atoms with Crippen LogP contribution in [0, 0.1) is 0 Å². The lowest BCUT2D eigenvalue weighted by Gasteiger charge is -2.12. The minimum atomic E-state index is -0.0617. The Morgan fingerprint density at radius 3 is 2.50 bits per heavy atom. The molecule has 22 heavy (non-hydrogen) atoms. The number of ether oxygens (including phenoxy) is 3. The topological polar surface area (TPSA) is 44.8 Å². The maximum atomic E-state index is 11.6. The van der Waals surface area contributed by atoms with Crippen LogP contribution < -0.4 is 14.2 Å². The number of hydrogen-bond acceptors (Lipinski definition) is 4. The molecule has 5 heteroatoms. The molecule has 0 heterocycles. The van der Waals surface area contributed by atoms with Gasteiger partial charge in [-0.2, -0.15) is 0 Å². The van der Waals surface area contributed by atoms with Crippen molar-refractivity contribution >= 4 is 17.4 Å². The number of carbonyl (C=O) groups is 1. The van der Waals surface area contributed by atoms with Crippen LogP contribution in [0.2, 0.25) is 5.02 Å². The van der Waals surface area contributed by atoms with E-state index in [1.54, 1.807) is 37.4 Å². The highest BCUT2D eigenvalue weighted by atomic mass is 35.5. The molecule has 2 aromatic rings. The lowest BCUT2D eigenvalue weighted by molar-refractivity contribution is 0.101. The van der Waals surface area contributed by atoms with Crippen molar-refractivity contribution in [1.29, 1.82) is 0 Å². The molecule has 0 aliphatic rings. The first kappa shape index (κ1) is 16.2. The Morgan fingerprint density at radius 1 is 1.05 bits per heavy atom. The van der Waals surface area contributed by atoms with Crippen LogP contribution in [0.15, 0.2) is 42.5 Å². The Morgan fingerprint density at radius 2 is 1.82 bits per heavy atom. The largest absolute Gasteiger partial charge is 0.497 e. The number of halogens is 1. The number of methoxy groups -OCH3 is 1. The average molecular weight is 321 g/mol. The summed E-state index contributed by atoms with van der Waals surface area (Å²) in [7, 11) is 1.56. The van der Waals surface area contributed by atoms with Crippen molar-refractivity contribution in [2.24, 2.45) is 0 Å². The summed E-state index contributed by atoms with van der Waals surface area (Å²) in [5.74, 6) is 1.74. The van der Waals surface area contributed by atoms with E-state index in [0.29, 0.717) is 41.0 Å². The van der Waals surface area contributed by atoms with Gasteiger partial charge < -0.3 is 14.2 Å². The molecule has 2 aromatic carbocycles. The lowest BCUT2D eigenvalue weighted by Crippen LogP contribution is -2.11. The number of benzene rings is 2. The fourth-order valence-corrected chi connectivity index (χ4v) is 2.09. The summed E-state index contributed by atoms with van der Waals surface area (Å²) < 4.78 is 16.3. The zero-order valence-corrected chi connectivity index (χ0v) is 13.2. The van der Waals surface area contributed by atoms with Crippen LogP contribution in [0.1, 0.15) is 17.3 Å². The fourth-order valence-electron chi connectivity index (χ4n) is 1.91. The lowest BCUT2D eigenvalue weighted by atomic mass is 10.1. The summed E-state index contributed by atoms with van der Waals surface area (Å²) in [5.41, 5.74) is 0.517. The third kappa shape index (κ3) is 4.40. The molecule has 0 radical (unpaired) electrons. The van der Waals surface area contributed by atoms with Gasteiger partial charge in [0.15, 0.2) is 5.78 Å².